The Kier molecular flexibility index (Phi) is 4.11. The number of halogens is 4. The molecule has 0 heterocycles. The molecule has 0 aliphatic carbocycles. The third-order valence-corrected chi connectivity index (χ3v) is 3.04. The summed E-state index contributed by atoms with van der Waals surface area (Å²) in [7, 11) is 0. The van der Waals surface area contributed by atoms with Crippen LogP contribution in [0.5, 0.6) is 0 Å². The lowest BCUT2D eigenvalue weighted by Gasteiger charge is -2.10. The summed E-state index contributed by atoms with van der Waals surface area (Å²) in [6, 6.07) is 5.80. The third-order valence-electron chi connectivity index (χ3n) is 2.51. The van der Waals surface area contributed by atoms with Gasteiger partial charge in [-0.25, -0.2) is 8.78 Å². The number of hydrogen-bond acceptors (Lipinski definition) is 2. The van der Waals surface area contributed by atoms with Crippen LogP contribution >= 0.6 is 23.2 Å². The number of amides is 1. The van der Waals surface area contributed by atoms with Gasteiger partial charge in [0.05, 0.1) is 16.3 Å². The van der Waals surface area contributed by atoms with Gasteiger partial charge in [0.25, 0.3) is 5.91 Å². The maximum Gasteiger partial charge on any atom is 0.257 e. The van der Waals surface area contributed by atoms with Crippen molar-refractivity contribution in [2.24, 2.45) is 0 Å². The van der Waals surface area contributed by atoms with Gasteiger partial charge in [-0.2, -0.15) is 0 Å². The van der Waals surface area contributed by atoms with Crippen LogP contribution in [0.1, 0.15) is 10.4 Å². The lowest BCUT2D eigenvalue weighted by atomic mass is 10.1. The number of benzene rings is 2. The molecule has 0 atom stereocenters. The second kappa shape index (κ2) is 5.64. The van der Waals surface area contributed by atoms with Crippen LogP contribution in [0.25, 0.3) is 0 Å². The molecule has 0 saturated heterocycles. The molecule has 2 aromatic carbocycles. The van der Waals surface area contributed by atoms with Gasteiger partial charge in [-0.1, -0.05) is 23.2 Å². The van der Waals surface area contributed by atoms with E-state index in [4.69, 9.17) is 28.9 Å². The number of nitrogens with one attached hydrogen (secondary N) is 1. The lowest BCUT2D eigenvalue weighted by Crippen LogP contribution is -2.15. The smallest absolute Gasteiger partial charge is 0.257 e. The summed E-state index contributed by atoms with van der Waals surface area (Å²) in [5.41, 5.74) is 5.55. The van der Waals surface area contributed by atoms with Crippen molar-refractivity contribution in [1.82, 2.24) is 0 Å². The summed E-state index contributed by atoms with van der Waals surface area (Å²) in [5, 5.41) is 2.29. The highest BCUT2D eigenvalue weighted by atomic mass is 35.5. The first-order valence-corrected chi connectivity index (χ1v) is 6.15. The predicted octanol–water partition coefficient (Wildman–Crippen LogP) is 4.11. The first kappa shape index (κ1) is 14.6. The second-order valence-corrected chi connectivity index (χ2v) is 4.77. The number of carbonyl (C=O) groups is 1. The maximum absolute atomic E-state index is 13.6. The Labute approximate surface area is 123 Å². The van der Waals surface area contributed by atoms with Crippen molar-refractivity contribution >= 4 is 40.5 Å². The molecular formula is C13H8Cl2F2N2O. The quantitative estimate of drug-likeness (QED) is 0.819. The number of hydrogen-bond donors (Lipinski definition) is 2. The molecule has 0 aromatic heterocycles. The molecule has 0 radical (unpaired) electrons. The zero-order chi connectivity index (χ0) is 14.9. The number of nitrogen functional groups attached to an aromatic ring is 1. The van der Waals surface area contributed by atoms with E-state index in [0.29, 0.717) is 11.1 Å². The average Bonchev–Trinajstić information content (AvgIpc) is 2.36. The molecule has 0 saturated carbocycles. The van der Waals surface area contributed by atoms with Crippen molar-refractivity contribution in [2.75, 3.05) is 11.1 Å². The van der Waals surface area contributed by atoms with Crippen molar-refractivity contribution in [1.29, 1.82) is 0 Å². The van der Waals surface area contributed by atoms with E-state index in [1.54, 1.807) is 0 Å². The SMILES string of the molecule is Nc1ccc(Cl)cc1C(=O)Nc1c(F)cc(F)cc1Cl. The minimum atomic E-state index is -0.982. The lowest BCUT2D eigenvalue weighted by molar-refractivity contribution is 0.102. The fraction of sp³-hybridized carbons (Fsp3) is 0. The molecule has 0 aliphatic rings. The Morgan fingerprint density at radius 3 is 2.50 bits per heavy atom. The number of rotatable bonds is 2. The summed E-state index contributed by atoms with van der Waals surface area (Å²) in [6.07, 6.45) is 0. The maximum atomic E-state index is 13.6. The largest absolute Gasteiger partial charge is 0.398 e. The van der Waals surface area contributed by atoms with E-state index in [1.165, 1.54) is 18.2 Å². The molecule has 104 valence electrons. The van der Waals surface area contributed by atoms with E-state index in [1.807, 2.05) is 0 Å². The van der Waals surface area contributed by atoms with Crippen LogP contribution in [0, 0.1) is 11.6 Å². The van der Waals surface area contributed by atoms with Crippen LogP contribution in [0.15, 0.2) is 30.3 Å². The summed E-state index contributed by atoms with van der Waals surface area (Å²) in [6.45, 7) is 0. The predicted molar refractivity (Wildman–Crippen MR) is 75.2 cm³/mol. The molecular weight excluding hydrogens is 309 g/mol. The van der Waals surface area contributed by atoms with Crippen molar-refractivity contribution in [3.63, 3.8) is 0 Å². The summed E-state index contributed by atoms with van der Waals surface area (Å²) in [5.74, 6) is -2.52. The van der Waals surface area contributed by atoms with Crippen LogP contribution < -0.4 is 11.1 Å². The van der Waals surface area contributed by atoms with Crippen LogP contribution in [-0.2, 0) is 0 Å². The van der Waals surface area contributed by atoms with E-state index in [2.05, 4.69) is 5.32 Å². The van der Waals surface area contributed by atoms with Gasteiger partial charge in [0, 0.05) is 16.8 Å². The molecule has 3 nitrogen and oxygen atoms in total. The molecule has 0 unspecified atom stereocenters. The molecule has 2 rings (SSSR count). The summed E-state index contributed by atoms with van der Waals surface area (Å²) < 4.78 is 26.5. The van der Waals surface area contributed by atoms with Crippen molar-refractivity contribution in [3.05, 3.63) is 57.6 Å². The molecule has 3 N–H and O–H groups in total. The standard InChI is InChI=1S/C13H8Cl2F2N2O/c14-6-1-2-11(18)8(3-6)13(20)19-12-9(15)4-7(16)5-10(12)17/h1-5H,18H2,(H,19,20). The number of carbonyl (C=O) groups excluding carboxylic acids is 1. The zero-order valence-corrected chi connectivity index (χ0v) is 11.4. The zero-order valence-electron chi connectivity index (χ0n) is 9.88. The normalized spacial score (nSPS) is 10.4. The number of nitrogens with two attached hydrogens (primary N) is 1. The van der Waals surface area contributed by atoms with E-state index in [0.717, 1.165) is 6.07 Å². The van der Waals surface area contributed by atoms with Gasteiger partial charge in [0.2, 0.25) is 0 Å². The highest BCUT2D eigenvalue weighted by molar-refractivity contribution is 6.34. The fourth-order valence-electron chi connectivity index (χ4n) is 1.57. The van der Waals surface area contributed by atoms with Crippen molar-refractivity contribution in [2.45, 2.75) is 0 Å². The van der Waals surface area contributed by atoms with Gasteiger partial charge >= 0.3 is 0 Å². The fourth-order valence-corrected chi connectivity index (χ4v) is 1.98. The molecule has 1 amide bonds. The molecule has 0 bridgehead atoms. The van der Waals surface area contributed by atoms with E-state index < -0.39 is 17.5 Å². The van der Waals surface area contributed by atoms with Gasteiger partial charge in [-0.15, -0.1) is 0 Å². The van der Waals surface area contributed by atoms with Gasteiger partial charge < -0.3 is 11.1 Å². The van der Waals surface area contributed by atoms with E-state index in [-0.39, 0.29) is 22.0 Å². The van der Waals surface area contributed by atoms with Gasteiger partial charge in [0.15, 0.2) is 5.82 Å². The van der Waals surface area contributed by atoms with Crippen molar-refractivity contribution in [3.8, 4) is 0 Å². The van der Waals surface area contributed by atoms with Crippen LogP contribution in [0.2, 0.25) is 10.0 Å². The van der Waals surface area contributed by atoms with E-state index >= 15 is 0 Å². The molecule has 0 aliphatic heterocycles. The number of anilines is 2. The highest BCUT2D eigenvalue weighted by Gasteiger charge is 2.16. The van der Waals surface area contributed by atoms with Gasteiger partial charge in [0.1, 0.15) is 5.82 Å². The van der Waals surface area contributed by atoms with Gasteiger partial charge in [-0.3, -0.25) is 4.79 Å². The Balaban J connectivity index is 2.35. The summed E-state index contributed by atoms with van der Waals surface area (Å²) >= 11 is 11.4. The van der Waals surface area contributed by atoms with Crippen LogP contribution in [-0.4, -0.2) is 5.91 Å². The Morgan fingerprint density at radius 2 is 1.85 bits per heavy atom. The molecule has 0 fully saturated rings. The highest BCUT2D eigenvalue weighted by Crippen LogP contribution is 2.27. The molecule has 0 spiro atoms. The Hall–Kier alpha value is -1.85. The minimum Gasteiger partial charge on any atom is -0.398 e. The van der Waals surface area contributed by atoms with E-state index in [9.17, 15) is 13.6 Å². The van der Waals surface area contributed by atoms with Crippen LogP contribution in [0.4, 0.5) is 20.2 Å². The van der Waals surface area contributed by atoms with Crippen LogP contribution in [0.3, 0.4) is 0 Å². The third kappa shape index (κ3) is 3.00. The molecule has 7 heteroatoms. The second-order valence-electron chi connectivity index (χ2n) is 3.93. The minimum absolute atomic E-state index is 0.0669. The molecule has 20 heavy (non-hydrogen) atoms. The van der Waals surface area contributed by atoms with Crippen molar-refractivity contribution < 1.29 is 13.6 Å². The first-order chi connectivity index (χ1) is 9.38. The summed E-state index contributed by atoms with van der Waals surface area (Å²) in [4.78, 5) is 12.0. The average molecular weight is 317 g/mol. The Bertz CT molecular complexity index is 669. The first-order valence-electron chi connectivity index (χ1n) is 5.39. The van der Waals surface area contributed by atoms with Gasteiger partial charge in [-0.05, 0) is 24.3 Å². The molecule has 2 aromatic rings. The Morgan fingerprint density at radius 1 is 1.15 bits per heavy atom. The monoisotopic (exact) mass is 316 g/mol. The topological polar surface area (TPSA) is 55.1 Å².